The lowest BCUT2D eigenvalue weighted by atomic mass is 10.0. The molecule has 0 saturated carbocycles. The van der Waals surface area contributed by atoms with E-state index in [2.05, 4.69) is 31.0 Å². The highest BCUT2D eigenvalue weighted by atomic mass is 16.5. The van der Waals surface area contributed by atoms with Crippen molar-refractivity contribution < 1.29 is 29.3 Å². The molecule has 0 bridgehead atoms. The minimum atomic E-state index is -0.543. The van der Waals surface area contributed by atoms with E-state index in [9.17, 15) is 19.8 Å². The number of rotatable bonds is 44. The third-order valence-electron chi connectivity index (χ3n) is 11.0. The number of nitrogens with one attached hydrogen (secondary N) is 1. The number of carbonyl (C=O) groups is 2. The summed E-state index contributed by atoms with van der Waals surface area (Å²) in [6.45, 7) is 10.0. The minimum Gasteiger partial charge on any atom is -0.466 e. The lowest BCUT2D eigenvalue weighted by Gasteiger charge is -2.27. The fourth-order valence-corrected chi connectivity index (χ4v) is 7.46. The first kappa shape index (κ1) is 53.8. The Bertz CT molecular complexity index is 798. The zero-order chi connectivity index (χ0) is 40.5. The summed E-state index contributed by atoms with van der Waals surface area (Å²) < 4.78 is 11.5. The smallest absolute Gasteiger partial charge is 0.306 e. The van der Waals surface area contributed by atoms with Crippen LogP contribution in [0.1, 0.15) is 233 Å². The summed E-state index contributed by atoms with van der Waals surface area (Å²) in [5.41, 5.74) is 0. The predicted molar refractivity (Wildman–Crippen MR) is 233 cm³/mol. The first-order valence-electron chi connectivity index (χ1n) is 23.9. The Hall–Kier alpha value is -1.22. The van der Waals surface area contributed by atoms with E-state index >= 15 is 0 Å². The number of esters is 2. The van der Waals surface area contributed by atoms with Gasteiger partial charge in [0.05, 0.1) is 18.8 Å². The molecule has 0 fully saturated rings. The number of ether oxygens (including phenoxy) is 2. The van der Waals surface area contributed by atoms with Crippen molar-refractivity contribution >= 4 is 11.9 Å². The summed E-state index contributed by atoms with van der Waals surface area (Å²) in [4.78, 5) is 27.2. The molecular formula is C47H94N2O6. The average Bonchev–Trinajstić information content (AvgIpc) is 3.16. The van der Waals surface area contributed by atoms with Crippen LogP contribution in [0.5, 0.6) is 0 Å². The number of aliphatic hydroxyl groups excluding tert-OH is 2. The summed E-state index contributed by atoms with van der Waals surface area (Å²) in [5.74, 6) is -0.225. The third-order valence-corrected chi connectivity index (χ3v) is 11.0. The van der Waals surface area contributed by atoms with Crippen molar-refractivity contribution in [1.82, 2.24) is 10.2 Å². The molecule has 328 valence electrons. The predicted octanol–water partition coefficient (Wildman–Crippen LogP) is 11.6. The topological polar surface area (TPSA) is 108 Å². The summed E-state index contributed by atoms with van der Waals surface area (Å²) in [6.07, 6.45) is 34.5. The first-order valence-corrected chi connectivity index (χ1v) is 23.9. The quantitative estimate of drug-likeness (QED) is 0.0414. The highest BCUT2D eigenvalue weighted by molar-refractivity contribution is 5.69. The second kappa shape index (κ2) is 42.4. The number of carbonyl (C=O) groups excluding carboxylic acids is 2. The van der Waals surface area contributed by atoms with Crippen LogP contribution >= 0.6 is 0 Å². The summed E-state index contributed by atoms with van der Waals surface area (Å²) >= 11 is 0. The van der Waals surface area contributed by atoms with Crippen LogP contribution in [0.2, 0.25) is 0 Å². The largest absolute Gasteiger partial charge is 0.466 e. The van der Waals surface area contributed by atoms with Gasteiger partial charge in [-0.1, -0.05) is 149 Å². The highest BCUT2D eigenvalue weighted by Gasteiger charge is 2.18. The van der Waals surface area contributed by atoms with E-state index in [1.54, 1.807) is 0 Å². The van der Waals surface area contributed by atoms with Crippen LogP contribution in [0.25, 0.3) is 0 Å². The molecule has 0 saturated heterocycles. The molecule has 0 rings (SSSR count). The average molecular weight is 783 g/mol. The highest BCUT2D eigenvalue weighted by Crippen LogP contribution is 2.19. The van der Waals surface area contributed by atoms with E-state index in [4.69, 9.17) is 9.47 Å². The fourth-order valence-electron chi connectivity index (χ4n) is 7.46. The molecule has 0 aliphatic carbocycles. The van der Waals surface area contributed by atoms with Crippen molar-refractivity contribution in [2.24, 2.45) is 0 Å². The van der Waals surface area contributed by atoms with E-state index in [0.717, 1.165) is 83.7 Å². The van der Waals surface area contributed by atoms with Gasteiger partial charge >= 0.3 is 11.9 Å². The molecule has 0 aromatic carbocycles. The van der Waals surface area contributed by atoms with Crippen LogP contribution in [0.3, 0.4) is 0 Å². The van der Waals surface area contributed by atoms with Gasteiger partial charge in [-0.05, 0) is 90.8 Å². The second-order valence-corrected chi connectivity index (χ2v) is 16.6. The van der Waals surface area contributed by atoms with Gasteiger partial charge < -0.3 is 25.0 Å². The second-order valence-electron chi connectivity index (χ2n) is 16.6. The van der Waals surface area contributed by atoms with E-state index < -0.39 is 12.2 Å². The number of hydrogen-bond acceptors (Lipinski definition) is 8. The Kier molecular flexibility index (Phi) is 41.4. The number of aliphatic hydroxyl groups is 2. The fraction of sp³-hybridized carbons (Fsp3) is 0.957. The lowest BCUT2D eigenvalue weighted by Crippen LogP contribution is -2.39. The van der Waals surface area contributed by atoms with Gasteiger partial charge in [-0.25, -0.2) is 0 Å². The maximum atomic E-state index is 12.8. The maximum Gasteiger partial charge on any atom is 0.306 e. The van der Waals surface area contributed by atoms with Crippen LogP contribution in [0, 0.1) is 0 Å². The van der Waals surface area contributed by atoms with Gasteiger partial charge in [0.1, 0.15) is 6.10 Å². The molecule has 0 aliphatic rings. The Labute approximate surface area is 341 Å². The Morgan fingerprint density at radius 1 is 0.509 bits per heavy atom. The zero-order valence-corrected chi connectivity index (χ0v) is 37.1. The van der Waals surface area contributed by atoms with Crippen molar-refractivity contribution in [3.63, 3.8) is 0 Å². The molecule has 3 N–H and O–H groups in total. The molecule has 0 radical (unpaired) electrons. The van der Waals surface area contributed by atoms with E-state index in [1.165, 1.54) is 109 Å². The van der Waals surface area contributed by atoms with Gasteiger partial charge in [-0.15, -0.1) is 0 Å². The number of unbranched alkanes of at least 4 members (excludes halogenated alkanes) is 21. The molecular weight excluding hydrogens is 689 g/mol. The molecule has 0 spiro atoms. The van der Waals surface area contributed by atoms with E-state index in [0.29, 0.717) is 51.8 Å². The molecule has 0 aromatic heterocycles. The van der Waals surface area contributed by atoms with Crippen LogP contribution < -0.4 is 5.32 Å². The zero-order valence-electron chi connectivity index (χ0n) is 37.1. The molecule has 0 aliphatic heterocycles. The van der Waals surface area contributed by atoms with Gasteiger partial charge in [-0.2, -0.15) is 0 Å². The van der Waals surface area contributed by atoms with Crippen LogP contribution in [0.4, 0.5) is 0 Å². The monoisotopic (exact) mass is 783 g/mol. The van der Waals surface area contributed by atoms with Crippen LogP contribution in [-0.4, -0.2) is 85.2 Å². The molecule has 2 atom stereocenters. The van der Waals surface area contributed by atoms with E-state index in [-0.39, 0.29) is 18.0 Å². The third kappa shape index (κ3) is 39.4. The summed E-state index contributed by atoms with van der Waals surface area (Å²) in [6, 6.07) is 0. The van der Waals surface area contributed by atoms with Gasteiger partial charge in [0, 0.05) is 25.9 Å². The van der Waals surface area contributed by atoms with Crippen molar-refractivity contribution in [1.29, 1.82) is 0 Å². The first-order chi connectivity index (χ1) is 26.9. The SMILES string of the molecule is CCCCCCCCCCCOC(=O)CCCC(O)CN(CCCCNC)CC(O)CCCCCC(=O)OC(CCCCCCCC)CCCCCCCC. The van der Waals surface area contributed by atoms with Crippen LogP contribution in [0.15, 0.2) is 0 Å². The van der Waals surface area contributed by atoms with Crippen LogP contribution in [-0.2, 0) is 19.1 Å². The molecule has 2 unspecified atom stereocenters. The Balaban J connectivity index is 4.42. The normalized spacial score (nSPS) is 12.8. The molecule has 0 aromatic rings. The van der Waals surface area contributed by atoms with Crippen molar-refractivity contribution in [3.8, 4) is 0 Å². The molecule has 0 heterocycles. The van der Waals surface area contributed by atoms with Gasteiger partial charge in [0.2, 0.25) is 0 Å². The summed E-state index contributed by atoms with van der Waals surface area (Å²) in [5, 5.41) is 24.9. The number of hydrogen-bond donors (Lipinski definition) is 3. The molecule has 8 nitrogen and oxygen atoms in total. The molecule has 55 heavy (non-hydrogen) atoms. The molecule has 0 amide bonds. The van der Waals surface area contributed by atoms with E-state index in [1.807, 2.05) is 7.05 Å². The Morgan fingerprint density at radius 3 is 1.47 bits per heavy atom. The standard InChI is InChI=1S/C47H94N2O6/c1-5-8-11-14-17-18-19-22-30-40-54-46(52)37-31-33-44(51)42-49(39-29-28-38-48-4)41-43(50)32-24-23-27-36-47(53)55-45(34-25-20-15-12-9-6-2)35-26-21-16-13-10-7-3/h43-45,48,50-51H,5-42H2,1-4H3. The maximum absolute atomic E-state index is 12.8. The Morgan fingerprint density at radius 2 is 0.945 bits per heavy atom. The van der Waals surface area contributed by atoms with Crippen molar-refractivity contribution in [2.75, 3.05) is 39.8 Å². The molecule has 8 heteroatoms. The summed E-state index contributed by atoms with van der Waals surface area (Å²) in [7, 11) is 1.96. The van der Waals surface area contributed by atoms with Crippen molar-refractivity contribution in [3.05, 3.63) is 0 Å². The van der Waals surface area contributed by atoms with Gasteiger partial charge in [-0.3, -0.25) is 14.5 Å². The van der Waals surface area contributed by atoms with Gasteiger partial charge in [0.15, 0.2) is 0 Å². The minimum absolute atomic E-state index is 0.0590. The number of nitrogens with zero attached hydrogens (tertiary/aromatic N) is 1. The van der Waals surface area contributed by atoms with Crippen molar-refractivity contribution in [2.45, 2.75) is 251 Å². The van der Waals surface area contributed by atoms with Gasteiger partial charge in [0.25, 0.3) is 0 Å². The lowest BCUT2D eigenvalue weighted by molar-refractivity contribution is -0.150.